The molecule has 4 nitrogen and oxygen atoms in total. The number of carboxylic acid groups (broad SMARTS) is 1. The monoisotopic (exact) mass is 275 g/mol. The fourth-order valence-corrected chi connectivity index (χ4v) is 2.86. The molecule has 108 valence electrons. The minimum Gasteiger partial charge on any atom is -0.481 e. The van der Waals surface area contributed by atoms with Gasteiger partial charge in [-0.2, -0.15) is 0 Å². The van der Waals surface area contributed by atoms with Gasteiger partial charge in [-0.25, -0.2) is 0 Å². The lowest BCUT2D eigenvalue weighted by Crippen LogP contribution is -2.32. The molecule has 1 amide bonds. The molecule has 2 unspecified atom stereocenters. The largest absolute Gasteiger partial charge is 0.481 e. The number of carboxylic acids is 1. The number of hydrogen-bond acceptors (Lipinski definition) is 2. The summed E-state index contributed by atoms with van der Waals surface area (Å²) in [6, 6.07) is 8.00. The minimum atomic E-state index is -0.776. The summed E-state index contributed by atoms with van der Waals surface area (Å²) in [5.41, 5.74) is 2.30. The van der Waals surface area contributed by atoms with E-state index in [1.165, 1.54) is 5.56 Å². The van der Waals surface area contributed by atoms with Gasteiger partial charge in [-0.3, -0.25) is 9.59 Å². The maximum atomic E-state index is 12.4. The van der Waals surface area contributed by atoms with Crippen LogP contribution < -0.4 is 0 Å². The lowest BCUT2D eigenvalue weighted by atomic mass is 10.0. The van der Waals surface area contributed by atoms with Crippen molar-refractivity contribution >= 4 is 11.9 Å². The van der Waals surface area contributed by atoms with Gasteiger partial charge in [-0.1, -0.05) is 24.3 Å². The fraction of sp³-hybridized carbons (Fsp3) is 0.500. The maximum absolute atomic E-state index is 12.4. The van der Waals surface area contributed by atoms with Crippen LogP contribution in [0.2, 0.25) is 0 Å². The molecule has 4 heteroatoms. The van der Waals surface area contributed by atoms with Crippen molar-refractivity contribution in [1.29, 1.82) is 0 Å². The van der Waals surface area contributed by atoms with Crippen LogP contribution in [0, 0.1) is 18.8 Å². The van der Waals surface area contributed by atoms with E-state index in [4.69, 9.17) is 5.11 Å². The summed E-state index contributed by atoms with van der Waals surface area (Å²) in [5, 5.41) is 9.00. The Morgan fingerprint density at radius 3 is 2.50 bits per heavy atom. The smallest absolute Gasteiger partial charge is 0.306 e. The third-order valence-electron chi connectivity index (χ3n) is 4.18. The number of amides is 1. The highest BCUT2D eigenvalue weighted by molar-refractivity contribution is 5.80. The topological polar surface area (TPSA) is 57.6 Å². The fourth-order valence-electron chi connectivity index (χ4n) is 2.86. The number of nitrogens with zero attached hydrogens (tertiary/aromatic N) is 1. The molecular formula is C16H21NO3. The van der Waals surface area contributed by atoms with Crippen molar-refractivity contribution in [3.63, 3.8) is 0 Å². The van der Waals surface area contributed by atoms with Crippen LogP contribution >= 0.6 is 0 Å². The van der Waals surface area contributed by atoms with Gasteiger partial charge in [0.25, 0.3) is 0 Å². The van der Waals surface area contributed by atoms with Gasteiger partial charge in [-0.15, -0.1) is 0 Å². The summed E-state index contributed by atoms with van der Waals surface area (Å²) in [6.07, 6.45) is 1.78. The zero-order valence-corrected chi connectivity index (χ0v) is 12.0. The second-order valence-corrected chi connectivity index (χ2v) is 5.67. The zero-order chi connectivity index (χ0) is 14.7. The average Bonchev–Trinajstić information content (AvgIpc) is 2.90. The van der Waals surface area contributed by atoms with Crippen molar-refractivity contribution in [2.24, 2.45) is 11.8 Å². The molecule has 1 saturated carbocycles. The van der Waals surface area contributed by atoms with E-state index in [1.807, 2.05) is 31.2 Å². The van der Waals surface area contributed by atoms with Crippen LogP contribution in [0.25, 0.3) is 0 Å². The first-order chi connectivity index (χ1) is 9.49. The third kappa shape index (κ3) is 3.18. The van der Waals surface area contributed by atoms with Crippen LogP contribution in [0.15, 0.2) is 24.3 Å². The number of carbonyl (C=O) groups excluding carboxylic acids is 1. The van der Waals surface area contributed by atoms with Crippen LogP contribution in [0.5, 0.6) is 0 Å². The molecule has 2 rings (SSSR count). The van der Waals surface area contributed by atoms with Crippen molar-refractivity contribution in [3.05, 3.63) is 35.4 Å². The first-order valence-electron chi connectivity index (χ1n) is 7.01. The van der Waals surface area contributed by atoms with Crippen LogP contribution in [0.3, 0.4) is 0 Å². The number of benzene rings is 1. The quantitative estimate of drug-likeness (QED) is 0.918. The van der Waals surface area contributed by atoms with E-state index in [-0.39, 0.29) is 17.7 Å². The van der Waals surface area contributed by atoms with Gasteiger partial charge >= 0.3 is 5.97 Å². The Bertz CT molecular complexity index is 512. The van der Waals surface area contributed by atoms with E-state index in [0.29, 0.717) is 25.8 Å². The van der Waals surface area contributed by atoms with Gasteiger partial charge < -0.3 is 10.0 Å². The molecule has 1 aromatic rings. The summed E-state index contributed by atoms with van der Waals surface area (Å²) in [5.74, 6) is -1.19. The lowest BCUT2D eigenvalue weighted by Gasteiger charge is -2.22. The predicted molar refractivity (Wildman–Crippen MR) is 76.1 cm³/mol. The summed E-state index contributed by atoms with van der Waals surface area (Å²) >= 11 is 0. The third-order valence-corrected chi connectivity index (χ3v) is 4.18. The summed E-state index contributed by atoms with van der Waals surface area (Å²) < 4.78 is 0. The van der Waals surface area contributed by atoms with Crippen molar-refractivity contribution < 1.29 is 14.7 Å². The lowest BCUT2D eigenvalue weighted by molar-refractivity contribution is -0.141. The van der Waals surface area contributed by atoms with Crippen LogP contribution in [-0.4, -0.2) is 28.9 Å². The summed E-state index contributed by atoms with van der Waals surface area (Å²) in [7, 11) is 1.79. The molecule has 2 atom stereocenters. The summed E-state index contributed by atoms with van der Waals surface area (Å²) in [6.45, 7) is 2.61. The molecule has 0 radical (unpaired) electrons. The van der Waals surface area contributed by atoms with Gasteiger partial charge in [0.1, 0.15) is 0 Å². The Morgan fingerprint density at radius 2 is 1.90 bits per heavy atom. The van der Waals surface area contributed by atoms with Gasteiger partial charge in [0.15, 0.2) is 0 Å². The summed E-state index contributed by atoms with van der Waals surface area (Å²) in [4.78, 5) is 25.0. The number of carbonyl (C=O) groups is 2. The molecule has 1 aromatic carbocycles. The van der Waals surface area contributed by atoms with E-state index >= 15 is 0 Å². The predicted octanol–water partition coefficient (Wildman–Crippen LogP) is 2.45. The van der Waals surface area contributed by atoms with Crippen LogP contribution in [0.1, 0.15) is 30.4 Å². The molecule has 1 fully saturated rings. The van der Waals surface area contributed by atoms with E-state index in [9.17, 15) is 9.59 Å². The second-order valence-electron chi connectivity index (χ2n) is 5.67. The molecule has 20 heavy (non-hydrogen) atoms. The highest BCUT2D eigenvalue weighted by atomic mass is 16.4. The molecule has 1 aliphatic rings. The Kier molecular flexibility index (Phi) is 4.42. The SMILES string of the molecule is Cc1ccccc1CN(C)C(=O)C1CCC(C(=O)O)C1. The van der Waals surface area contributed by atoms with Gasteiger partial charge in [0, 0.05) is 19.5 Å². The Morgan fingerprint density at radius 1 is 1.25 bits per heavy atom. The molecular weight excluding hydrogens is 254 g/mol. The number of hydrogen-bond donors (Lipinski definition) is 1. The normalized spacial score (nSPS) is 21.7. The number of rotatable bonds is 4. The molecule has 0 bridgehead atoms. The molecule has 0 aliphatic heterocycles. The van der Waals surface area contributed by atoms with Gasteiger partial charge in [-0.05, 0) is 37.3 Å². The van der Waals surface area contributed by atoms with Crippen LogP contribution in [-0.2, 0) is 16.1 Å². The van der Waals surface area contributed by atoms with Crippen LogP contribution in [0.4, 0.5) is 0 Å². The van der Waals surface area contributed by atoms with Crippen molar-refractivity contribution in [2.75, 3.05) is 7.05 Å². The zero-order valence-electron chi connectivity index (χ0n) is 12.0. The van der Waals surface area contributed by atoms with E-state index in [1.54, 1.807) is 11.9 Å². The maximum Gasteiger partial charge on any atom is 0.306 e. The van der Waals surface area contributed by atoms with Crippen molar-refractivity contribution in [2.45, 2.75) is 32.7 Å². The molecule has 1 aliphatic carbocycles. The number of aliphatic carboxylic acids is 1. The van der Waals surface area contributed by atoms with Gasteiger partial charge in [0.05, 0.1) is 5.92 Å². The molecule has 0 heterocycles. The van der Waals surface area contributed by atoms with E-state index in [0.717, 1.165) is 5.56 Å². The highest BCUT2D eigenvalue weighted by Crippen LogP contribution is 2.32. The molecule has 0 saturated heterocycles. The standard InChI is InChI=1S/C16H21NO3/c1-11-5-3-4-6-14(11)10-17(2)15(18)12-7-8-13(9-12)16(19)20/h3-6,12-13H,7-10H2,1-2H3,(H,19,20). The Hall–Kier alpha value is -1.84. The van der Waals surface area contributed by atoms with Crippen molar-refractivity contribution in [3.8, 4) is 0 Å². The van der Waals surface area contributed by atoms with E-state index in [2.05, 4.69) is 0 Å². The Labute approximate surface area is 119 Å². The second kappa shape index (κ2) is 6.07. The first kappa shape index (κ1) is 14.6. The van der Waals surface area contributed by atoms with E-state index < -0.39 is 5.97 Å². The minimum absolute atomic E-state index is 0.0667. The Balaban J connectivity index is 1.96. The average molecular weight is 275 g/mol. The number of aryl methyl sites for hydroxylation is 1. The van der Waals surface area contributed by atoms with Gasteiger partial charge in [0.2, 0.25) is 5.91 Å². The van der Waals surface area contributed by atoms with Crippen molar-refractivity contribution in [1.82, 2.24) is 4.90 Å². The first-order valence-corrected chi connectivity index (χ1v) is 7.01. The molecule has 1 N–H and O–H groups in total. The molecule has 0 aromatic heterocycles. The molecule has 0 spiro atoms. The highest BCUT2D eigenvalue weighted by Gasteiger charge is 2.35.